The number of nitrogens with one attached hydrogen (secondary N) is 1. The molecular formula is C23H15Br2FN2O2. The van der Waals surface area contributed by atoms with Crippen LogP contribution in [0.25, 0.3) is 6.08 Å². The van der Waals surface area contributed by atoms with E-state index < -0.39 is 11.7 Å². The first-order valence-corrected chi connectivity index (χ1v) is 10.4. The van der Waals surface area contributed by atoms with E-state index >= 15 is 0 Å². The Morgan fingerprint density at radius 3 is 2.37 bits per heavy atom. The lowest BCUT2D eigenvalue weighted by molar-refractivity contribution is -0.112. The normalized spacial score (nSPS) is 10.9. The SMILES string of the molecule is N#C/C(=C\c1cc(Br)ccc1OCc1ccc(Br)cc1)C(=O)Nc1ccc(F)cc1. The molecule has 0 saturated carbocycles. The summed E-state index contributed by atoms with van der Waals surface area (Å²) in [5, 5.41) is 12.1. The van der Waals surface area contributed by atoms with Gasteiger partial charge in [-0.1, -0.05) is 44.0 Å². The lowest BCUT2D eigenvalue weighted by atomic mass is 10.1. The molecule has 4 nitrogen and oxygen atoms in total. The first-order valence-electron chi connectivity index (χ1n) is 8.80. The number of ether oxygens (including phenoxy) is 1. The highest BCUT2D eigenvalue weighted by Gasteiger charge is 2.12. The summed E-state index contributed by atoms with van der Waals surface area (Å²) in [6.45, 7) is 0.333. The van der Waals surface area contributed by atoms with Gasteiger partial charge in [-0.05, 0) is 66.2 Å². The number of rotatable bonds is 6. The number of halogens is 3. The fourth-order valence-corrected chi connectivity index (χ4v) is 3.18. The van der Waals surface area contributed by atoms with Gasteiger partial charge in [-0.3, -0.25) is 4.79 Å². The highest BCUT2D eigenvalue weighted by Crippen LogP contribution is 2.27. The van der Waals surface area contributed by atoms with Crippen molar-refractivity contribution in [3.8, 4) is 11.8 Å². The maximum absolute atomic E-state index is 13.0. The summed E-state index contributed by atoms with van der Waals surface area (Å²) in [5.41, 5.74) is 1.84. The van der Waals surface area contributed by atoms with Crippen LogP contribution in [0.15, 0.2) is 81.2 Å². The highest BCUT2D eigenvalue weighted by molar-refractivity contribution is 9.10. The molecule has 0 bridgehead atoms. The van der Waals surface area contributed by atoms with Crippen LogP contribution >= 0.6 is 31.9 Å². The van der Waals surface area contributed by atoms with E-state index in [1.54, 1.807) is 12.1 Å². The summed E-state index contributed by atoms with van der Waals surface area (Å²) in [6.07, 6.45) is 1.46. The molecule has 1 N–H and O–H groups in total. The van der Waals surface area contributed by atoms with Crippen molar-refractivity contribution in [3.63, 3.8) is 0 Å². The smallest absolute Gasteiger partial charge is 0.266 e. The second-order valence-corrected chi connectivity index (χ2v) is 8.06. The average Bonchev–Trinajstić information content (AvgIpc) is 2.74. The summed E-state index contributed by atoms with van der Waals surface area (Å²) in [4.78, 5) is 12.5. The first-order chi connectivity index (χ1) is 14.4. The maximum atomic E-state index is 13.0. The van der Waals surface area contributed by atoms with Crippen molar-refractivity contribution < 1.29 is 13.9 Å². The van der Waals surface area contributed by atoms with E-state index in [-0.39, 0.29) is 5.57 Å². The fraction of sp³-hybridized carbons (Fsp3) is 0.0435. The van der Waals surface area contributed by atoms with E-state index in [0.29, 0.717) is 23.6 Å². The Labute approximate surface area is 190 Å². The van der Waals surface area contributed by atoms with Crippen molar-refractivity contribution in [1.82, 2.24) is 0 Å². The number of anilines is 1. The van der Waals surface area contributed by atoms with Gasteiger partial charge in [-0.2, -0.15) is 5.26 Å². The topological polar surface area (TPSA) is 62.1 Å². The Kier molecular flexibility index (Phi) is 7.39. The molecule has 0 fully saturated rings. The number of nitriles is 1. The molecule has 3 aromatic carbocycles. The van der Waals surface area contributed by atoms with Gasteiger partial charge in [-0.25, -0.2) is 4.39 Å². The molecule has 1 amide bonds. The van der Waals surface area contributed by atoms with Gasteiger partial charge in [0.05, 0.1) is 0 Å². The minimum atomic E-state index is -0.594. The molecule has 7 heteroatoms. The zero-order valence-corrected chi connectivity index (χ0v) is 18.7. The average molecular weight is 530 g/mol. The van der Waals surface area contributed by atoms with Crippen LogP contribution in [0.2, 0.25) is 0 Å². The Morgan fingerprint density at radius 2 is 1.70 bits per heavy atom. The van der Waals surface area contributed by atoms with Gasteiger partial charge in [0.15, 0.2) is 0 Å². The molecule has 150 valence electrons. The summed E-state index contributed by atoms with van der Waals surface area (Å²) in [7, 11) is 0. The van der Waals surface area contributed by atoms with Gasteiger partial charge in [0, 0.05) is 20.2 Å². The molecular weight excluding hydrogens is 515 g/mol. The molecule has 0 unspecified atom stereocenters. The number of hydrogen-bond acceptors (Lipinski definition) is 3. The van der Waals surface area contributed by atoms with Crippen molar-refractivity contribution in [3.05, 3.63) is 98.2 Å². The molecule has 30 heavy (non-hydrogen) atoms. The van der Waals surface area contributed by atoms with Crippen LogP contribution in [-0.2, 0) is 11.4 Å². The molecule has 0 radical (unpaired) electrons. The number of hydrogen-bond donors (Lipinski definition) is 1. The zero-order valence-electron chi connectivity index (χ0n) is 15.5. The third kappa shape index (κ3) is 6.02. The van der Waals surface area contributed by atoms with E-state index in [0.717, 1.165) is 14.5 Å². The predicted molar refractivity (Wildman–Crippen MR) is 121 cm³/mol. The van der Waals surface area contributed by atoms with Crippen LogP contribution in [-0.4, -0.2) is 5.91 Å². The highest BCUT2D eigenvalue weighted by atomic mass is 79.9. The van der Waals surface area contributed by atoms with Gasteiger partial charge in [0.2, 0.25) is 0 Å². The number of benzene rings is 3. The van der Waals surface area contributed by atoms with Crippen LogP contribution in [0.3, 0.4) is 0 Å². The molecule has 0 aliphatic carbocycles. The number of carbonyl (C=O) groups excluding carboxylic acids is 1. The quantitative estimate of drug-likeness (QED) is 0.294. The van der Waals surface area contributed by atoms with Crippen molar-refractivity contribution >= 4 is 49.5 Å². The van der Waals surface area contributed by atoms with E-state index in [4.69, 9.17) is 4.74 Å². The number of amides is 1. The number of carbonyl (C=O) groups is 1. The molecule has 0 atom stereocenters. The lowest BCUT2D eigenvalue weighted by Crippen LogP contribution is -2.13. The Hall–Kier alpha value is -2.95. The van der Waals surface area contributed by atoms with Crippen molar-refractivity contribution in [2.24, 2.45) is 0 Å². The van der Waals surface area contributed by atoms with Gasteiger partial charge in [0.25, 0.3) is 5.91 Å². The number of nitrogens with zero attached hydrogens (tertiary/aromatic N) is 1. The standard InChI is InChI=1S/C23H15Br2FN2O2/c24-18-3-1-15(2-4-18)14-30-22-10-5-19(25)12-16(22)11-17(13-27)23(29)28-21-8-6-20(26)7-9-21/h1-12H,14H2,(H,28,29)/b17-11+. The third-order valence-electron chi connectivity index (χ3n) is 4.05. The van der Waals surface area contributed by atoms with Crippen LogP contribution in [0.5, 0.6) is 5.75 Å². The Morgan fingerprint density at radius 1 is 1.03 bits per heavy atom. The van der Waals surface area contributed by atoms with Crippen molar-refractivity contribution in [2.45, 2.75) is 6.61 Å². The molecule has 0 saturated heterocycles. The Balaban J connectivity index is 1.81. The van der Waals surface area contributed by atoms with E-state index in [9.17, 15) is 14.4 Å². The van der Waals surface area contributed by atoms with E-state index in [1.807, 2.05) is 36.4 Å². The molecule has 0 aliphatic heterocycles. The van der Waals surface area contributed by atoms with Gasteiger partial charge in [0.1, 0.15) is 29.8 Å². The van der Waals surface area contributed by atoms with Crippen LogP contribution in [0.1, 0.15) is 11.1 Å². The second kappa shape index (κ2) is 10.2. The Bertz CT molecular complexity index is 1120. The second-order valence-electron chi connectivity index (χ2n) is 6.23. The lowest BCUT2D eigenvalue weighted by Gasteiger charge is -2.11. The molecule has 0 heterocycles. The first kappa shape index (κ1) is 21.8. The van der Waals surface area contributed by atoms with Crippen LogP contribution in [0, 0.1) is 17.1 Å². The minimum absolute atomic E-state index is 0.106. The maximum Gasteiger partial charge on any atom is 0.266 e. The van der Waals surface area contributed by atoms with Gasteiger partial charge >= 0.3 is 0 Å². The summed E-state index contributed by atoms with van der Waals surface area (Å²) in [6, 6.07) is 20.3. The molecule has 3 rings (SSSR count). The molecule has 0 aromatic heterocycles. The monoisotopic (exact) mass is 528 g/mol. The predicted octanol–water partition coefficient (Wildman–Crippen LogP) is 6.48. The summed E-state index contributed by atoms with van der Waals surface area (Å²) < 4.78 is 20.7. The van der Waals surface area contributed by atoms with E-state index in [2.05, 4.69) is 37.2 Å². The summed E-state index contributed by atoms with van der Waals surface area (Å²) in [5.74, 6) is -0.475. The third-order valence-corrected chi connectivity index (χ3v) is 5.07. The van der Waals surface area contributed by atoms with Crippen LogP contribution < -0.4 is 10.1 Å². The van der Waals surface area contributed by atoms with E-state index in [1.165, 1.54) is 30.3 Å². The van der Waals surface area contributed by atoms with Crippen LogP contribution in [0.4, 0.5) is 10.1 Å². The molecule has 3 aromatic rings. The molecule has 0 aliphatic rings. The van der Waals surface area contributed by atoms with Crippen molar-refractivity contribution in [1.29, 1.82) is 5.26 Å². The molecule has 0 spiro atoms. The fourth-order valence-electron chi connectivity index (χ4n) is 2.54. The summed E-state index contributed by atoms with van der Waals surface area (Å²) >= 11 is 6.80. The minimum Gasteiger partial charge on any atom is -0.488 e. The van der Waals surface area contributed by atoms with Gasteiger partial charge < -0.3 is 10.1 Å². The van der Waals surface area contributed by atoms with Gasteiger partial charge in [-0.15, -0.1) is 0 Å². The zero-order chi connectivity index (χ0) is 21.5. The van der Waals surface area contributed by atoms with Crippen molar-refractivity contribution in [2.75, 3.05) is 5.32 Å². The largest absolute Gasteiger partial charge is 0.488 e.